The highest BCUT2D eigenvalue weighted by molar-refractivity contribution is 6.31. The molecule has 0 aliphatic heterocycles. The number of aromatic nitrogens is 4. The first-order valence-electron chi connectivity index (χ1n) is 7.45. The third kappa shape index (κ3) is 1.59. The van der Waals surface area contributed by atoms with E-state index in [1.807, 2.05) is 0 Å². The predicted molar refractivity (Wildman–Crippen MR) is 87.0 cm³/mol. The van der Waals surface area contributed by atoms with E-state index >= 15 is 0 Å². The highest BCUT2D eigenvalue weighted by Gasteiger charge is 2.32. The number of carbonyl (C=O) groups excluding carboxylic acids is 2. The van der Waals surface area contributed by atoms with Gasteiger partial charge in [0.05, 0.1) is 11.1 Å². The Morgan fingerprint density at radius 2 is 1.62 bits per heavy atom. The van der Waals surface area contributed by atoms with Crippen LogP contribution < -0.4 is 0 Å². The molecule has 24 heavy (non-hydrogen) atoms. The van der Waals surface area contributed by atoms with Crippen molar-refractivity contribution in [1.29, 1.82) is 0 Å². The van der Waals surface area contributed by atoms with Crippen LogP contribution >= 0.6 is 0 Å². The number of carbonyl (C=O) groups is 2. The van der Waals surface area contributed by atoms with Crippen LogP contribution in [0, 0.1) is 0 Å². The van der Waals surface area contributed by atoms with Gasteiger partial charge < -0.3 is 9.97 Å². The summed E-state index contributed by atoms with van der Waals surface area (Å²) in [7, 11) is 0. The fraction of sp³-hybridized carbons (Fsp3) is 0. The van der Waals surface area contributed by atoms with Gasteiger partial charge in [0.1, 0.15) is 5.52 Å². The molecule has 1 aliphatic rings. The maximum absolute atomic E-state index is 12.9. The van der Waals surface area contributed by atoms with Crippen LogP contribution in [0.15, 0.2) is 48.8 Å². The summed E-state index contributed by atoms with van der Waals surface area (Å²) >= 11 is 0. The smallest absolute Gasteiger partial charge is 0.196 e. The fourth-order valence-electron chi connectivity index (χ4n) is 3.16. The van der Waals surface area contributed by atoms with Gasteiger partial charge in [-0.3, -0.25) is 9.59 Å². The van der Waals surface area contributed by atoms with Gasteiger partial charge >= 0.3 is 0 Å². The molecule has 0 fully saturated rings. The van der Waals surface area contributed by atoms with Crippen LogP contribution in [-0.2, 0) is 0 Å². The third-order valence-corrected chi connectivity index (χ3v) is 4.27. The second-order valence-electron chi connectivity index (χ2n) is 5.61. The van der Waals surface area contributed by atoms with Gasteiger partial charge in [0.25, 0.3) is 0 Å². The van der Waals surface area contributed by atoms with Crippen LogP contribution in [0.3, 0.4) is 0 Å². The van der Waals surface area contributed by atoms with Crippen molar-refractivity contribution in [3.63, 3.8) is 0 Å². The summed E-state index contributed by atoms with van der Waals surface area (Å²) in [5.41, 5.74) is 2.79. The zero-order valence-corrected chi connectivity index (χ0v) is 12.3. The van der Waals surface area contributed by atoms with Gasteiger partial charge in [0.15, 0.2) is 23.2 Å². The lowest BCUT2D eigenvalue weighted by Gasteiger charge is -2.17. The number of aromatic amines is 2. The molecule has 2 aromatic carbocycles. The summed E-state index contributed by atoms with van der Waals surface area (Å²) in [6.07, 6.45) is 3.33. The van der Waals surface area contributed by atoms with E-state index in [2.05, 4.69) is 19.9 Å². The van der Waals surface area contributed by atoms with E-state index in [0.29, 0.717) is 44.9 Å². The molecule has 2 N–H and O–H groups in total. The molecule has 6 heteroatoms. The number of benzene rings is 2. The molecule has 6 nitrogen and oxygen atoms in total. The van der Waals surface area contributed by atoms with Gasteiger partial charge in [-0.25, -0.2) is 9.97 Å². The van der Waals surface area contributed by atoms with Crippen LogP contribution in [0.2, 0.25) is 0 Å². The average molecular weight is 314 g/mol. The van der Waals surface area contributed by atoms with Gasteiger partial charge in [-0.05, 0) is 12.1 Å². The number of fused-ring (bicyclic) bond motifs is 4. The van der Waals surface area contributed by atoms with Crippen molar-refractivity contribution in [3.05, 3.63) is 71.0 Å². The number of rotatable bonds is 1. The Kier molecular flexibility index (Phi) is 2.42. The number of nitrogens with zero attached hydrogens (tertiary/aromatic N) is 2. The zero-order chi connectivity index (χ0) is 16.3. The Bertz CT molecular complexity index is 1140. The van der Waals surface area contributed by atoms with Gasteiger partial charge in [-0.15, -0.1) is 0 Å². The van der Waals surface area contributed by atoms with E-state index in [1.165, 1.54) is 0 Å². The minimum Gasteiger partial charge on any atom is -0.342 e. The summed E-state index contributed by atoms with van der Waals surface area (Å²) in [5, 5.41) is 0. The van der Waals surface area contributed by atoms with Crippen LogP contribution in [0.5, 0.6) is 0 Å². The van der Waals surface area contributed by atoms with Crippen LogP contribution in [0.1, 0.15) is 31.8 Å². The standard InChI is InChI=1S/C18H10N4O2/c23-15-9-3-1-2-4-10(9)16(24)13-11(15)5-6-12-14(13)22-18(21-12)17-19-7-8-20-17/h1-8H,(H,19,20)(H,21,22). The molecule has 0 bridgehead atoms. The number of nitrogens with one attached hydrogen (secondary N) is 2. The van der Waals surface area contributed by atoms with Crippen molar-refractivity contribution in [1.82, 2.24) is 19.9 Å². The van der Waals surface area contributed by atoms with Crippen molar-refractivity contribution in [2.45, 2.75) is 0 Å². The number of H-pyrrole nitrogens is 2. The maximum Gasteiger partial charge on any atom is 0.196 e. The van der Waals surface area contributed by atoms with Crippen molar-refractivity contribution in [3.8, 4) is 11.6 Å². The van der Waals surface area contributed by atoms with Crippen LogP contribution in [0.4, 0.5) is 0 Å². The van der Waals surface area contributed by atoms with Crippen molar-refractivity contribution < 1.29 is 9.59 Å². The molecule has 1 aliphatic carbocycles. The Hall–Kier alpha value is -3.54. The van der Waals surface area contributed by atoms with E-state index in [9.17, 15) is 9.59 Å². The molecule has 0 radical (unpaired) electrons. The minimum absolute atomic E-state index is 0.148. The zero-order valence-electron chi connectivity index (χ0n) is 12.3. The Morgan fingerprint density at radius 3 is 2.38 bits per heavy atom. The molecule has 5 rings (SSSR count). The lowest BCUT2D eigenvalue weighted by molar-refractivity contribution is 0.0980. The van der Waals surface area contributed by atoms with E-state index in [1.54, 1.807) is 48.8 Å². The molecule has 2 aromatic heterocycles. The van der Waals surface area contributed by atoms with E-state index in [-0.39, 0.29) is 11.6 Å². The average Bonchev–Trinajstić information content (AvgIpc) is 3.27. The molecule has 0 atom stereocenters. The minimum atomic E-state index is -0.178. The van der Waals surface area contributed by atoms with Gasteiger partial charge in [0, 0.05) is 29.1 Å². The SMILES string of the molecule is O=C1c2ccccc2C(=O)c2c1ccc1[nH]c(-c3ncc[nH]3)nc21. The van der Waals surface area contributed by atoms with E-state index in [0.717, 1.165) is 0 Å². The molecule has 0 unspecified atom stereocenters. The first-order valence-corrected chi connectivity index (χ1v) is 7.45. The topological polar surface area (TPSA) is 91.5 Å². The Morgan fingerprint density at radius 1 is 0.833 bits per heavy atom. The van der Waals surface area contributed by atoms with Crippen LogP contribution in [-0.4, -0.2) is 31.5 Å². The lowest BCUT2D eigenvalue weighted by atomic mass is 9.83. The maximum atomic E-state index is 12.9. The second-order valence-corrected chi connectivity index (χ2v) is 5.61. The first-order chi connectivity index (χ1) is 11.7. The third-order valence-electron chi connectivity index (χ3n) is 4.27. The largest absolute Gasteiger partial charge is 0.342 e. The molecule has 0 saturated heterocycles. The quantitative estimate of drug-likeness (QED) is 0.497. The first kappa shape index (κ1) is 13.0. The predicted octanol–water partition coefficient (Wildman–Crippen LogP) is 2.73. The highest BCUT2D eigenvalue weighted by atomic mass is 16.1. The summed E-state index contributed by atoms with van der Waals surface area (Å²) in [6.45, 7) is 0. The molecule has 114 valence electrons. The molecule has 2 heterocycles. The van der Waals surface area contributed by atoms with Crippen LogP contribution in [0.25, 0.3) is 22.7 Å². The summed E-state index contributed by atoms with van der Waals surface area (Å²) in [5.74, 6) is 0.783. The number of imidazole rings is 2. The molecular weight excluding hydrogens is 304 g/mol. The fourth-order valence-corrected chi connectivity index (χ4v) is 3.16. The number of hydrogen-bond acceptors (Lipinski definition) is 4. The molecule has 0 spiro atoms. The number of hydrogen-bond donors (Lipinski definition) is 2. The van der Waals surface area contributed by atoms with Gasteiger partial charge in [-0.2, -0.15) is 0 Å². The van der Waals surface area contributed by atoms with Gasteiger partial charge in [0.2, 0.25) is 0 Å². The summed E-state index contributed by atoms with van der Waals surface area (Å²) in [4.78, 5) is 40.4. The molecule has 4 aromatic rings. The molecule has 0 saturated carbocycles. The molecule has 0 amide bonds. The van der Waals surface area contributed by atoms with Crippen molar-refractivity contribution >= 4 is 22.6 Å². The second kappa shape index (κ2) is 4.48. The lowest BCUT2D eigenvalue weighted by Crippen LogP contribution is -2.21. The normalized spacial score (nSPS) is 13.2. The highest BCUT2D eigenvalue weighted by Crippen LogP contribution is 2.32. The monoisotopic (exact) mass is 314 g/mol. The number of ketones is 2. The van der Waals surface area contributed by atoms with Crippen molar-refractivity contribution in [2.24, 2.45) is 0 Å². The Labute approximate surface area is 135 Å². The van der Waals surface area contributed by atoms with E-state index in [4.69, 9.17) is 0 Å². The Balaban J connectivity index is 1.81. The summed E-state index contributed by atoms with van der Waals surface area (Å²) in [6, 6.07) is 10.3. The van der Waals surface area contributed by atoms with Crippen molar-refractivity contribution in [2.75, 3.05) is 0 Å². The molecular formula is C18H10N4O2. The van der Waals surface area contributed by atoms with E-state index < -0.39 is 0 Å². The summed E-state index contributed by atoms with van der Waals surface area (Å²) < 4.78 is 0. The van der Waals surface area contributed by atoms with Gasteiger partial charge in [-0.1, -0.05) is 24.3 Å².